The van der Waals surface area contributed by atoms with Crippen LogP contribution in [0.4, 0.5) is 0 Å². The minimum absolute atomic E-state index is 0.715. The van der Waals surface area contributed by atoms with Crippen LogP contribution < -0.4 is 0 Å². The fourth-order valence-electron chi connectivity index (χ4n) is 0.825. The van der Waals surface area contributed by atoms with Gasteiger partial charge in [0.15, 0.2) is 6.04 Å². The van der Waals surface area contributed by atoms with Gasteiger partial charge in [-0.2, -0.15) is 10.3 Å². The van der Waals surface area contributed by atoms with Crippen LogP contribution in [0.2, 0.25) is 0 Å². The van der Waals surface area contributed by atoms with E-state index in [4.69, 9.17) is 5.26 Å². The summed E-state index contributed by atoms with van der Waals surface area (Å²) in [6, 6.07) is 3.01. The van der Waals surface area contributed by atoms with Crippen LogP contribution in [0.15, 0.2) is 15.5 Å². The molecule has 0 saturated heterocycles. The van der Waals surface area contributed by atoms with E-state index in [2.05, 4.69) is 20.9 Å². The number of halogens is 1. The molecule has 5 heteroatoms. The van der Waals surface area contributed by atoms with Crippen molar-refractivity contribution < 1.29 is 4.79 Å². The van der Waals surface area contributed by atoms with Crippen LogP contribution in [0.5, 0.6) is 0 Å². The van der Waals surface area contributed by atoms with Crippen LogP contribution in [0.1, 0.15) is 15.8 Å². The maximum Gasteiger partial charge on any atom is 0.236 e. The summed E-state index contributed by atoms with van der Waals surface area (Å²) in [6.07, 6.45) is 1.39. The molecular formula is C8H5BrN2OS. The molecule has 0 amide bonds. The van der Waals surface area contributed by atoms with E-state index in [1.807, 2.05) is 13.0 Å². The van der Waals surface area contributed by atoms with Crippen LogP contribution >= 0.6 is 27.3 Å². The van der Waals surface area contributed by atoms with Crippen molar-refractivity contribution in [2.45, 2.75) is 13.0 Å². The van der Waals surface area contributed by atoms with Crippen molar-refractivity contribution in [1.29, 1.82) is 5.26 Å². The maximum absolute atomic E-state index is 9.99. The highest BCUT2D eigenvalue weighted by Gasteiger charge is 2.12. The first-order valence-corrected chi connectivity index (χ1v) is 5.02. The monoisotopic (exact) mass is 256 g/mol. The highest BCUT2D eigenvalue weighted by Crippen LogP contribution is 2.31. The van der Waals surface area contributed by atoms with Gasteiger partial charge in [0.25, 0.3) is 0 Å². The number of aryl methyl sites for hydroxylation is 1. The Bertz CT molecular complexity index is 381. The van der Waals surface area contributed by atoms with E-state index >= 15 is 0 Å². The van der Waals surface area contributed by atoms with Crippen LogP contribution in [0, 0.1) is 18.3 Å². The van der Waals surface area contributed by atoms with E-state index < -0.39 is 6.04 Å². The molecule has 0 fully saturated rings. The summed E-state index contributed by atoms with van der Waals surface area (Å²) in [4.78, 5) is 15.2. The summed E-state index contributed by atoms with van der Waals surface area (Å²) < 4.78 is 0.939. The number of nitrogens with zero attached hydrogens (tertiary/aromatic N) is 2. The van der Waals surface area contributed by atoms with Crippen LogP contribution in [0.25, 0.3) is 0 Å². The molecule has 0 saturated carbocycles. The topological polar surface area (TPSA) is 53.2 Å². The summed E-state index contributed by atoms with van der Waals surface area (Å²) in [7, 11) is 0. The van der Waals surface area contributed by atoms with Crippen LogP contribution in [-0.4, -0.2) is 6.08 Å². The zero-order valence-corrected chi connectivity index (χ0v) is 9.15. The summed E-state index contributed by atoms with van der Waals surface area (Å²) in [5.74, 6) is 0. The normalized spacial score (nSPS) is 11.5. The van der Waals surface area contributed by atoms with E-state index in [1.54, 1.807) is 6.07 Å². The first-order chi connectivity index (χ1) is 6.19. The lowest BCUT2D eigenvalue weighted by Gasteiger charge is -1.93. The second-order valence-electron chi connectivity index (χ2n) is 2.30. The molecule has 66 valence electrons. The molecular weight excluding hydrogens is 252 g/mol. The van der Waals surface area contributed by atoms with Crippen molar-refractivity contribution in [2.75, 3.05) is 0 Å². The Balaban J connectivity index is 3.07. The molecule has 1 rings (SSSR count). The Morgan fingerprint density at radius 2 is 2.46 bits per heavy atom. The lowest BCUT2D eigenvalue weighted by Crippen LogP contribution is -1.85. The van der Waals surface area contributed by atoms with Crippen molar-refractivity contribution in [1.82, 2.24) is 0 Å². The second-order valence-corrected chi connectivity index (χ2v) is 4.45. The molecule has 0 aliphatic heterocycles. The molecule has 0 bridgehead atoms. The van der Waals surface area contributed by atoms with Gasteiger partial charge in [0.1, 0.15) is 0 Å². The van der Waals surface area contributed by atoms with Gasteiger partial charge in [-0.05, 0) is 28.9 Å². The Labute approximate surface area is 87.8 Å². The third kappa shape index (κ3) is 2.25. The van der Waals surface area contributed by atoms with E-state index in [1.165, 1.54) is 17.4 Å². The molecule has 0 aromatic carbocycles. The van der Waals surface area contributed by atoms with Gasteiger partial charge in [0.2, 0.25) is 6.08 Å². The number of isocyanates is 1. The Morgan fingerprint density at radius 3 is 2.85 bits per heavy atom. The van der Waals surface area contributed by atoms with E-state index in [-0.39, 0.29) is 0 Å². The smallest absolute Gasteiger partial charge is 0.211 e. The van der Waals surface area contributed by atoms with Gasteiger partial charge in [-0.15, -0.1) is 11.3 Å². The quantitative estimate of drug-likeness (QED) is 0.604. The van der Waals surface area contributed by atoms with Crippen molar-refractivity contribution >= 4 is 33.3 Å². The lowest BCUT2D eigenvalue weighted by atomic mass is 10.3. The van der Waals surface area contributed by atoms with Gasteiger partial charge in [-0.3, -0.25) is 0 Å². The van der Waals surface area contributed by atoms with Gasteiger partial charge in [0, 0.05) is 14.2 Å². The minimum atomic E-state index is -0.715. The zero-order valence-electron chi connectivity index (χ0n) is 6.74. The van der Waals surface area contributed by atoms with Crippen molar-refractivity contribution in [3.8, 4) is 6.07 Å². The fourth-order valence-corrected chi connectivity index (χ4v) is 2.37. The molecule has 3 nitrogen and oxygen atoms in total. The largest absolute Gasteiger partial charge is 0.236 e. The average molecular weight is 257 g/mol. The highest BCUT2D eigenvalue weighted by molar-refractivity contribution is 9.10. The molecule has 13 heavy (non-hydrogen) atoms. The van der Waals surface area contributed by atoms with Gasteiger partial charge in [0.05, 0.1) is 6.07 Å². The predicted octanol–water partition coefficient (Wildman–Crippen LogP) is 2.72. The first-order valence-electron chi connectivity index (χ1n) is 3.41. The lowest BCUT2D eigenvalue weighted by molar-refractivity contribution is 0.561. The predicted molar refractivity (Wildman–Crippen MR) is 53.2 cm³/mol. The fraction of sp³-hybridized carbons (Fsp3) is 0.250. The van der Waals surface area contributed by atoms with E-state index in [0.29, 0.717) is 0 Å². The summed E-state index contributed by atoms with van der Waals surface area (Å²) in [5, 5.41) is 8.68. The third-order valence-electron chi connectivity index (χ3n) is 1.45. The standard InChI is InChI=1S/C8H5BrN2OS/c1-5-6(9)2-8(13-5)7(3-10)11-4-12/h2,7H,1H3. The molecule has 1 heterocycles. The number of hydrogen-bond donors (Lipinski definition) is 0. The van der Waals surface area contributed by atoms with Gasteiger partial charge in [-0.1, -0.05) is 0 Å². The number of aliphatic imine (C=N–C) groups is 1. The number of hydrogen-bond acceptors (Lipinski definition) is 4. The van der Waals surface area contributed by atoms with Gasteiger partial charge in [-0.25, -0.2) is 4.79 Å². The highest BCUT2D eigenvalue weighted by atomic mass is 79.9. The zero-order chi connectivity index (χ0) is 9.84. The Morgan fingerprint density at radius 1 is 1.77 bits per heavy atom. The van der Waals surface area contributed by atoms with Crippen molar-refractivity contribution in [3.05, 3.63) is 20.3 Å². The SMILES string of the molecule is Cc1sc(C(C#N)N=C=O)cc1Br. The maximum atomic E-state index is 9.99. The molecule has 1 unspecified atom stereocenters. The molecule has 0 aliphatic rings. The summed E-state index contributed by atoms with van der Waals surface area (Å²) in [6.45, 7) is 1.93. The molecule has 0 N–H and O–H groups in total. The third-order valence-corrected chi connectivity index (χ3v) is 3.64. The average Bonchev–Trinajstić information content (AvgIpc) is 2.43. The molecule has 1 aromatic heterocycles. The van der Waals surface area contributed by atoms with Gasteiger partial charge >= 0.3 is 0 Å². The van der Waals surface area contributed by atoms with E-state index in [9.17, 15) is 4.79 Å². The first kappa shape index (κ1) is 10.1. The Kier molecular flexibility index (Phi) is 3.38. The Hall–Kier alpha value is -0.950. The number of thiophene rings is 1. The van der Waals surface area contributed by atoms with Crippen molar-refractivity contribution in [3.63, 3.8) is 0 Å². The summed E-state index contributed by atoms with van der Waals surface area (Å²) in [5.41, 5.74) is 0. The van der Waals surface area contributed by atoms with Crippen LogP contribution in [-0.2, 0) is 4.79 Å². The molecule has 0 radical (unpaired) electrons. The number of nitriles is 1. The van der Waals surface area contributed by atoms with Crippen LogP contribution in [0.3, 0.4) is 0 Å². The van der Waals surface area contributed by atoms with Gasteiger partial charge < -0.3 is 0 Å². The van der Waals surface area contributed by atoms with Crippen molar-refractivity contribution in [2.24, 2.45) is 4.99 Å². The molecule has 1 atom stereocenters. The number of carbonyl (C=O) groups excluding carboxylic acids is 1. The number of rotatable bonds is 2. The second kappa shape index (κ2) is 4.33. The molecule has 0 aliphatic carbocycles. The molecule has 0 spiro atoms. The minimum Gasteiger partial charge on any atom is -0.211 e. The molecule has 1 aromatic rings. The summed E-state index contributed by atoms with van der Waals surface area (Å²) >= 11 is 4.77. The van der Waals surface area contributed by atoms with E-state index in [0.717, 1.165) is 14.2 Å².